The first kappa shape index (κ1) is 19.6. The standard InChI is InChI=1S/C19H24N6O3S/c1-2-29(27,28)25-10-13(11-25)12-3-5-15(6-4-12)23-19-21-9-16(17(20)26)18(24-19)22-14-7-8-14/h3-6,9,13-14H,2,7-8,10-11H2,1H3,(H2,20,26)(H2,21,22,23,24). The first-order chi connectivity index (χ1) is 13.9. The van der Waals surface area contributed by atoms with Gasteiger partial charge in [0.05, 0.1) is 11.3 Å². The van der Waals surface area contributed by atoms with Crippen LogP contribution in [0.3, 0.4) is 0 Å². The van der Waals surface area contributed by atoms with Crippen LogP contribution in [0.4, 0.5) is 17.5 Å². The maximum Gasteiger partial charge on any atom is 0.254 e. The number of anilines is 3. The summed E-state index contributed by atoms with van der Waals surface area (Å²) < 4.78 is 25.2. The second kappa shape index (κ2) is 7.60. The van der Waals surface area contributed by atoms with E-state index in [0.717, 1.165) is 24.1 Å². The van der Waals surface area contributed by atoms with E-state index >= 15 is 0 Å². The van der Waals surface area contributed by atoms with E-state index in [1.54, 1.807) is 6.92 Å². The SMILES string of the molecule is CCS(=O)(=O)N1CC(c2ccc(Nc3ncc(C(N)=O)c(NC4CC4)n3)cc2)C1. The van der Waals surface area contributed by atoms with Crippen LogP contribution in [0, 0.1) is 0 Å². The Bertz CT molecular complexity index is 1010. The third-order valence-corrected chi connectivity index (χ3v) is 7.03. The molecule has 0 radical (unpaired) electrons. The molecule has 9 nitrogen and oxygen atoms in total. The minimum Gasteiger partial charge on any atom is -0.367 e. The number of carbonyl (C=O) groups is 1. The lowest BCUT2D eigenvalue weighted by Gasteiger charge is -2.38. The molecule has 4 rings (SSSR count). The molecule has 2 fully saturated rings. The van der Waals surface area contributed by atoms with E-state index < -0.39 is 15.9 Å². The first-order valence-corrected chi connectivity index (χ1v) is 11.2. The van der Waals surface area contributed by atoms with Gasteiger partial charge in [0, 0.05) is 36.9 Å². The Hall–Kier alpha value is -2.72. The van der Waals surface area contributed by atoms with Gasteiger partial charge in [0.15, 0.2) is 0 Å². The summed E-state index contributed by atoms with van der Waals surface area (Å²) in [5, 5.41) is 6.33. The second-order valence-corrected chi connectivity index (χ2v) is 9.66. The van der Waals surface area contributed by atoms with Crippen LogP contribution in [0.2, 0.25) is 0 Å². The summed E-state index contributed by atoms with van der Waals surface area (Å²) in [5.74, 6) is 0.597. The topological polar surface area (TPSA) is 130 Å². The largest absolute Gasteiger partial charge is 0.367 e. The number of nitrogens with zero attached hydrogens (tertiary/aromatic N) is 3. The van der Waals surface area contributed by atoms with Crippen molar-refractivity contribution < 1.29 is 13.2 Å². The van der Waals surface area contributed by atoms with Crippen LogP contribution in [-0.2, 0) is 10.0 Å². The molecule has 2 heterocycles. The maximum atomic E-state index is 11.8. The van der Waals surface area contributed by atoms with Crippen LogP contribution < -0.4 is 16.4 Å². The Morgan fingerprint density at radius 1 is 1.24 bits per heavy atom. The van der Waals surface area contributed by atoms with Crippen molar-refractivity contribution in [3.8, 4) is 0 Å². The van der Waals surface area contributed by atoms with Crippen LogP contribution in [0.15, 0.2) is 30.5 Å². The van der Waals surface area contributed by atoms with Crippen LogP contribution in [0.1, 0.15) is 41.6 Å². The maximum absolute atomic E-state index is 11.8. The van der Waals surface area contributed by atoms with E-state index in [1.807, 2.05) is 24.3 Å². The molecule has 0 unspecified atom stereocenters. The molecule has 1 saturated carbocycles. The fraction of sp³-hybridized carbons (Fsp3) is 0.421. The summed E-state index contributed by atoms with van der Waals surface area (Å²) in [4.78, 5) is 20.1. The Morgan fingerprint density at radius 2 is 1.93 bits per heavy atom. The van der Waals surface area contributed by atoms with Gasteiger partial charge in [-0.25, -0.2) is 17.7 Å². The van der Waals surface area contributed by atoms with Gasteiger partial charge in [0.25, 0.3) is 5.91 Å². The number of benzene rings is 1. The minimum atomic E-state index is -3.10. The Morgan fingerprint density at radius 3 is 2.52 bits per heavy atom. The quantitative estimate of drug-likeness (QED) is 0.596. The van der Waals surface area contributed by atoms with Gasteiger partial charge in [0.1, 0.15) is 5.82 Å². The minimum absolute atomic E-state index is 0.134. The third kappa shape index (κ3) is 4.33. The molecule has 1 saturated heterocycles. The fourth-order valence-corrected chi connectivity index (χ4v) is 4.36. The summed E-state index contributed by atoms with van der Waals surface area (Å²) >= 11 is 0. The zero-order valence-electron chi connectivity index (χ0n) is 16.1. The van der Waals surface area contributed by atoms with Crippen LogP contribution in [-0.4, -0.2) is 53.5 Å². The zero-order chi connectivity index (χ0) is 20.6. The predicted octanol–water partition coefficient (Wildman–Crippen LogP) is 1.64. The van der Waals surface area contributed by atoms with Gasteiger partial charge in [-0.15, -0.1) is 0 Å². The van der Waals surface area contributed by atoms with Crippen LogP contribution in [0.25, 0.3) is 0 Å². The lowest BCUT2D eigenvalue weighted by Crippen LogP contribution is -2.48. The number of nitrogens with one attached hydrogen (secondary N) is 2. The molecule has 1 aromatic carbocycles. The molecule has 29 heavy (non-hydrogen) atoms. The lowest BCUT2D eigenvalue weighted by molar-refractivity contribution is 0.100. The van der Waals surface area contributed by atoms with Crippen molar-refractivity contribution in [2.45, 2.75) is 31.7 Å². The van der Waals surface area contributed by atoms with Crippen molar-refractivity contribution in [1.29, 1.82) is 0 Å². The molecule has 0 bridgehead atoms. The summed E-state index contributed by atoms with van der Waals surface area (Å²) in [6.45, 7) is 2.71. The number of aromatic nitrogens is 2. The van der Waals surface area contributed by atoms with Gasteiger partial charge in [-0.1, -0.05) is 12.1 Å². The summed E-state index contributed by atoms with van der Waals surface area (Å²) in [7, 11) is -3.10. The van der Waals surface area contributed by atoms with Crippen LogP contribution >= 0.6 is 0 Å². The van der Waals surface area contributed by atoms with Gasteiger partial charge in [-0.3, -0.25) is 4.79 Å². The van der Waals surface area contributed by atoms with E-state index in [2.05, 4.69) is 20.6 Å². The molecule has 0 spiro atoms. The summed E-state index contributed by atoms with van der Waals surface area (Å²) in [6.07, 6.45) is 3.52. The highest BCUT2D eigenvalue weighted by Gasteiger charge is 2.35. The number of nitrogens with two attached hydrogens (primary N) is 1. The highest BCUT2D eigenvalue weighted by Crippen LogP contribution is 2.31. The van der Waals surface area contributed by atoms with E-state index in [9.17, 15) is 13.2 Å². The van der Waals surface area contributed by atoms with Crippen molar-refractivity contribution in [3.63, 3.8) is 0 Å². The highest BCUT2D eigenvalue weighted by molar-refractivity contribution is 7.89. The highest BCUT2D eigenvalue weighted by atomic mass is 32.2. The molecule has 154 valence electrons. The molecule has 2 aromatic rings. The van der Waals surface area contributed by atoms with Gasteiger partial charge < -0.3 is 16.4 Å². The van der Waals surface area contributed by atoms with Crippen molar-refractivity contribution in [2.75, 3.05) is 29.5 Å². The predicted molar refractivity (Wildman–Crippen MR) is 111 cm³/mol. The number of hydrogen-bond donors (Lipinski definition) is 3. The average molecular weight is 417 g/mol. The van der Waals surface area contributed by atoms with Gasteiger partial charge >= 0.3 is 0 Å². The number of amides is 1. The van der Waals surface area contributed by atoms with Crippen molar-refractivity contribution in [3.05, 3.63) is 41.6 Å². The lowest BCUT2D eigenvalue weighted by atomic mass is 9.94. The van der Waals surface area contributed by atoms with Gasteiger partial charge in [-0.05, 0) is 37.5 Å². The Balaban J connectivity index is 1.42. The fourth-order valence-electron chi connectivity index (χ4n) is 3.18. The smallest absolute Gasteiger partial charge is 0.254 e. The molecule has 1 aliphatic heterocycles. The van der Waals surface area contributed by atoms with Crippen molar-refractivity contribution in [2.24, 2.45) is 5.73 Å². The van der Waals surface area contributed by atoms with E-state index in [1.165, 1.54) is 10.5 Å². The number of primary amides is 1. The second-order valence-electron chi connectivity index (χ2n) is 7.40. The Labute approximate surface area is 169 Å². The summed E-state index contributed by atoms with van der Waals surface area (Å²) in [6, 6.07) is 8.10. The van der Waals surface area contributed by atoms with Crippen LogP contribution in [0.5, 0.6) is 0 Å². The zero-order valence-corrected chi connectivity index (χ0v) is 16.9. The molecule has 2 aliphatic rings. The molecular formula is C19H24N6O3S. The van der Waals surface area contributed by atoms with Crippen molar-refractivity contribution in [1.82, 2.24) is 14.3 Å². The molecule has 4 N–H and O–H groups in total. The molecule has 1 amide bonds. The average Bonchev–Trinajstić information content (AvgIpc) is 3.46. The third-order valence-electron chi connectivity index (χ3n) is 5.22. The molecular weight excluding hydrogens is 392 g/mol. The van der Waals surface area contributed by atoms with E-state index in [4.69, 9.17) is 5.73 Å². The molecule has 1 aromatic heterocycles. The number of carbonyl (C=O) groups excluding carboxylic acids is 1. The number of sulfonamides is 1. The first-order valence-electron chi connectivity index (χ1n) is 9.64. The van der Waals surface area contributed by atoms with E-state index in [-0.39, 0.29) is 17.2 Å². The molecule has 0 atom stereocenters. The summed E-state index contributed by atoms with van der Waals surface area (Å²) in [5.41, 5.74) is 7.57. The molecule has 1 aliphatic carbocycles. The van der Waals surface area contributed by atoms with E-state index in [0.29, 0.717) is 30.9 Å². The Kier molecular flexibility index (Phi) is 5.13. The molecule has 10 heteroatoms. The number of hydrogen-bond acceptors (Lipinski definition) is 7. The van der Waals surface area contributed by atoms with Gasteiger partial charge in [-0.2, -0.15) is 4.98 Å². The number of rotatable bonds is 8. The van der Waals surface area contributed by atoms with Crippen molar-refractivity contribution >= 4 is 33.4 Å². The normalized spacial score (nSPS) is 17.6. The monoisotopic (exact) mass is 416 g/mol. The van der Waals surface area contributed by atoms with Gasteiger partial charge in [0.2, 0.25) is 16.0 Å².